The number of pyridine rings is 1. The Morgan fingerprint density at radius 2 is 1.81 bits per heavy atom. The van der Waals surface area contributed by atoms with Crippen LogP contribution in [0.5, 0.6) is 0 Å². The lowest BCUT2D eigenvalue weighted by atomic mass is 10.1. The first kappa shape index (κ1) is 16.9. The number of nitrogens with zero attached hydrogens (tertiary/aromatic N) is 4. The zero-order chi connectivity index (χ0) is 18.3. The van der Waals surface area contributed by atoms with E-state index >= 15 is 0 Å². The Balaban J connectivity index is 1.65. The van der Waals surface area contributed by atoms with Gasteiger partial charge in [-0.1, -0.05) is 23.8 Å². The third kappa shape index (κ3) is 2.83. The Hall–Kier alpha value is -2.51. The number of hydrogen-bond donors (Lipinski definition) is 0. The van der Waals surface area contributed by atoms with Gasteiger partial charge in [-0.2, -0.15) is 4.31 Å². The molecule has 0 unspecified atom stereocenters. The number of aryl methyl sites for hydroxylation is 2. The highest BCUT2D eigenvalue weighted by atomic mass is 32.2. The predicted octanol–water partition coefficient (Wildman–Crippen LogP) is 2.63. The molecular formula is C19H20N4O2S. The second kappa shape index (κ2) is 6.34. The molecule has 0 bridgehead atoms. The summed E-state index contributed by atoms with van der Waals surface area (Å²) in [5.41, 5.74) is 4.77. The van der Waals surface area contributed by atoms with Crippen LogP contribution in [0.25, 0.3) is 5.69 Å². The number of fused-ring (bicyclic) bond motifs is 1. The molecule has 0 saturated heterocycles. The van der Waals surface area contributed by atoms with E-state index in [9.17, 15) is 8.42 Å². The summed E-state index contributed by atoms with van der Waals surface area (Å²) in [6.07, 6.45) is 3.91. The van der Waals surface area contributed by atoms with Crippen LogP contribution in [-0.2, 0) is 23.0 Å². The van der Waals surface area contributed by atoms with Crippen molar-refractivity contribution in [3.05, 3.63) is 71.4 Å². The molecule has 0 atom stereocenters. The minimum absolute atomic E-state index is 0.126. The molecule has 6 nitrogen and oxygen atoms in total. The first-order valence-corrected chi connectivity index (χ1v) is 9.95. The van der Waals surface area contributed by atoms with Gasteiger partial charge in [-0.25, -0.2) is 18.4 Å². The summed E-state index contributed by atoms with van der Waals surface area (Å²) in [6.45, 7) is 4.51. The van der Waals surface area contributed by atoms with Gasteiger partial charge in [0.25, 0.3) is 10.0 Å². The quantitative estimate of drug-likeness (QED) is 0.713. The molecule has 2 aromatic heterocycles. The lowest BCUT2D eigenvalue weighted by molar-refractivity contribution is 0.382. The number of hydrogen-bond acceptors (Lipinski definition) is 4. The van der Waals surface area contributed by atoms with Gasteiger partial charge in [0.05, 0.1) is 18.6 Å². The van der Waals surface area contributed by atoms with Crippen molar-refractivity contribution in [1.82, 2.24) is 18.8 Å². The maximum absolute atomic E-state index is 13.0. The summed E-state index contributed by atoms with van der Waals surface area (Å²) in [4.78, 5) is 8.56. The number of imidazole rings is 1. The summed E-state index contributed by atoms with van der Waals surface area (Å²) in [5.74, 6) is 0. The molecule has 3 heterocycles. The Labute approximate surface area is 153 Å². The summed E-state index contributed by atoms with van der Waals surface area (Å²) < 4.78 is 29.4. The fourth-order valence-electron chi connectivity index (χ4n) is 3.28. The van der Waals surface area contributed by atoms with Crippen molar-refractivity contribution in [2.45, 2.75) is 31.8 Å². The van der Waals surface area contributed by atoms with Crippen molar-refractivity contribution >= 4 is 10.0 Å². The molecule has 26 heavy (non-hydrogen) atoms. The van der Waals surface area contributed by atoms with Crippen LogP contribution in [0, 0.1) is 13.8 Å². The van der Waals surface area contributed by atoms with Crippen LogP contribution in [0.2, 0.25) is 0 Å². The molecule has 0 fully saturated rings. The van der Waals surface area contributed by atoms with Crippen LogP contribution in [0.1, 0.15) is 22.5 Å². The molecule has 0 N–H and O–H groups in total. The maximum Gasteiger partial charge on any atom is 0.261 e. The number of rotatable bonds is 3. The topological polar surface area (TPSA) is 68.1 Å². The molecular weight excluding hydrogens is 348 g/mol. The standard InChI is InChI=1S/C19H20N4O2S/c1-14-5-7-16(8-6-14)23-13-21-17-12-22(11-9-18(17)23)26(24,25)19-15(2)4-3-10-20-19/h3-8,10,13H,9,11-12H2,1-2H3. The first-order chi connectivity index (χ1) is 12.5. The molecule has 1 aliphatic heterocycles. The molecule has 0 amide bonds. The van der Waals surface area contributed by atoms with E-state index in [1.165, 1.54) is 16.1 Å². The molecule has 0 spiro atoms. The van der Waals surface area contributed by atoms with Crippen LogP contribution in [0.15, 0.2) is 53.9 Å². The Morgan fingerprint density at radius 1 is 1.04 bits per heavy atom. The fourth-order valence-corrected chi connectivity index (χ4v) is 4.82. The van der Waals surface area contributed by atoms with Crippen molar-refractivity contribution in [3.8, 4) is 5.69 Å². The lowest BCUT2D eigenvalue weighted by Crippen LogP contribution is -2.37. The van der Waals surface area contributed by atoms with Gasteiger partial charge in [-0.05, 0) is 37.6 Å². The van der Waals surface area contributed by atoms with Crippen LogP contribution >= 0.6 is 0 Å². The highest BCUT2D eigenvalue weighted by Gasteiger charge is 2.32. The van der Waals surface area contributed by atoms with E-state index in [-0.39, 0.29) is 11.6 Å². The third-order valence-electron chi connectivity index (χ3n) is 4.73. The van der Waals surface area contributed by atoms with Crippen molar-refractivity contribution in [2.24, 2.45) is 0 Å². The van der Waals surface area contributed by atoms with Gasteiger partial charge in [-0.15, -0.1) is 0 Å². The van der Waals surface area contributed by atoms with E-state index in [2.05, 4.69) is 41.2 Å². The summed E-state index contributed by atoms with van der Waals surface area (Å²) in [7, 11) is -3.62. The van der Waals surface area contributed by atoms with Gasteiger partial charge in [0.15, 0.2) is 5.03 Å². The molecule has 4 rings (SSSR count). The van der Waals surface area contributed by atoms with Crippen molar-refractivity contribution in [2.75, 3.05) is 6.54 Å². The van der Waals surface area contributed by atoms with Crippen molar-refractivity contribution < 1.29 is 8.42 Å². The molecule has 0 radical (unpaired) electrons. The largest absolute Gasteiger partial charge is 0.303 e. The van der Waals surface area contributed by atoms with Gasteiger partial charge in [0.2, 0.25) is 0 Å². The molecule has 0 saturated carbocycles. The van der Waals surface area contributed by atoms with Gasteiger partial charge >= 0.3 is 0 Å². The zero-order valence-corrected chi connectivity index (χ0v) is 15.6. The van der Waals surface area contributed by atoms with Crippen LogP contribution in [-0.4, -0.2) is 33.8 Å². The molecule has 0 aliphatic carbocycles. The summed E-state index contributed by atoms with van der Waals surface area (Å²) in [6, 6.07) is 11.7. The minimum Gasteiger partial charge on any atom is -0.303 e. The Kier molecular flexibility index (Phi) is 4.13. The number of benzene rings is 1. The van der Waals surface area contributed by atoms with Gasteiger partial charge in [-0.3, -0.25) is 0 Å². The number of sulfonamides is 1. The summed E-state index contributed by atoms with van der Waals surface area (Å²) in [5, 5.41) is 0.126. The predicted molar refractivity (Wildman–Crippen MR) is 98.6 cm³/mol. The Morgan fingerprint density at radius 3 is 2.54 bits per heavy atom. The second-order valence-electron chi connectivity index (χ2n) is 6.56. The van der Waals surface area contributed by atoms with E-state index in [1.807, 2.05) is 4.57 Å². The highest BCUT2D eigenvalue weighted by molar-refractivity contribution is 7.89. The highest BCUT2D eigenvalue weighted by Crippen LogP contribution is 2.26. The van der Waals surface area contributed by atoms with Crippen molar-refractivity contribution in [3.63, 3.8) is 0 Å². The molecule has 7 heteroatoms. The first-order valence-electron chi connectivity index (χ1n) is 8.51. The van der Waals surface area contributed by atoms with Crippen LogP contribution in [0.3, 0.4) is 0 Å². The van der Waals surface area contributed by atoms with E-state index in [4.69, 9.17) is 0 Å². The molecule has 1 aliphatic rings. The molecule has 134 valence electrons. The average Bonchev–Trinajstić information content (AvgIpc) is 3.06. The van der Waals surface area contributed by atoms with Crippen LogP contribution < -0.4 is 0 Å². The normalized spacial score (nSPS) is 15.0. The maximum atomic E-state index is 13.0. The SMILES string of the molecule is Cc1ccc(-n2cnc3c2CCN(S(=O)(=O)c2ncccc2C)C3)cc1. The molecule has 3 aromatic rings. The van der Waals surface area contributed by atoms with E-state index in [1.54, 1.807) is 25.4 Å². The van der Waals surface area contributed by atoms with Gasteiger partial charge in [0.1, 0.15) is 0 Å². The van der Waals surface area contributed by atoms with E-state index in [0.29, 0.717) is 18.5 Å². The van der Waals surface area contributed by atoms with Crippen LogP contribution in [0.4, 0.5) is 0 Å². The minimum atomic E-state index is -3.62. The number of aromatic nitrogens is 3. The van der Waals surface area contributed by atoms with Crippen molar-refractivity contribution in [1.29, 1.82) is 0 Å². The van der Waals surface area contributed by atoms with Gasteiger partial charge < -0.3 is 4.57 Å². The fraction of sp³-hybridized carbons (Fsp3) is 0.263. The lowest BCUT2D eigenvalue weighted by Gasteiger charge is -2.26. The Bertz CT molecular complexity index is 1060. The summed E-state index contributed by atoms with van der Waals surface area (Å²) >= 11 is 0. The smallest absolute Gasteiger partial charge is 0.261 e. The second-order valence-corrected chi connectivity index (χ2v) is 8.41. The average molecular weight is 368 g/mol. The molecule has 1 aromatic carbocycles. The van der Waals surface area contributed by atoms with E-state index < -0.39 is 10.0 Å². The zero-order valence-electron chi connectivity index (χ0n) is 14.8. The van der Waals surface area contributed by atoms with Gasteiger partial charge in [0, 0.05) is 30.5 Å². The monoisotopic (exact) mass is 368 g/mol. The van der Waals surface area contributed by atoms with E-state index in [0.717, 1.165) is 17.1 Å². The third-order valence-corrected chi connectivity index (χ3v) is 6.64.